The summed E-state index contributed by atoms with van der Waals surface area (Å²) in [7, 11) is 0. The highest BCUT2D eigenvalue weighted by Gasteiger charge is 2.19. The Morgan fingerprint density at radius 2 is 0.825 bits per heavy atom. The van der Waals surface area contributed by atoms with Crippen molar-refractivity contribution in [1.29, 1.82) is 0 Å². The Morgan fingerprint density at radius 3 is 1.51 bits per heavy atom. The van der Waals surface area contributed by atoms with Crippen molar-refractivity contribution in [1.82, 2.24) is 24.1 Å². The fraction of sp³-hybridized carbons (Fsp3) is 0. The number of furan rings is 1. The van der Waals surface area contributed by atoms with E-state index in [9.17, 15) is 0 Å². The lowest BCUT2D eigenvalue weighted by Crippen LogP contribution is -2.01. The van der Waals surface area contributed by atoms with Gasteiger partial charge in [0.2, 0.25) is 0 Å². The van der Waals surface area contributed by atoms with Crippen LogP contribution in [-0.2, 0) is 0 Å². The summed E-state index contributed by atoms with van der Waals surface area (Å²) in [5, 5.41) is 7.00. The molecule has 0 aliphatic carbocycles. The molecule has 0 saturated carbocycles. The van der Waals surface area contributed by atoms with Crippen molar-refractivity contribution in [3.63, 3.8) is 0 Å². The Balaban J connectivity index is 0.998. The summed E-state index contributed by atoms with van der Waals surface area (Å²) >= 11 is 0. The normalized spacial score (nSPS) is 11.9. The van der Waals surface area contributed by atoms with Crippen LogP contribution in [0.5, 0.6) is 0 Å². The highest BCUT2D eigenvalue weighted by molar-refractivity contribution is 6.12. The lowest BCUT2D eigenvalue weighted by Gasteiger charge is -2.11. The van der Waals surface area contributed by atoms with Gasteiger partial charge in [-0.3, -0.25) is 0 Å². The van der Waals surface area contributed by atoms with Crippen LogP contribution in [0.2, 0.25) is 0 Å². The summed E-state index contributed by atoms with van der Waals surface area (Å²) < 4.78 is 11.1. The molecule has 0 bridgehead atoms. The maximum atomic E-state index is 6.42. The molecular weight excluding hydrogens is 699 g/mol. The highest BCUT2D eigenvalue weighted by Crippen LogP contribution is 2.38. The van der Waals surface area contributed by atoms with Crippen LogP contribution in [0, 0.1) is 0 Å². The molecule has 4 aromatic heterocycles. The van der Waals surface area contributed by atoms with Crippen molar-refractivity contribution in [2.75, 3.05) is 0 Å². The molecule has 12 rings (SSSR count). The lowest BCUT2D eigenvalue weighted by atomic mass is 10.1. The van der Waals surface area contributed by atoms with E-state index in [1.807, 2.05) is 60.7 Å². The highest BCUT2D eigenvalue weighted by atomic mass is 16.3. The van der Waals surface area contributed by atoms with Crippen molar-refractivity contribution in [2.45, 2.75) is 0 Å². The molecule has 4 heterocycles. The van der Waals surface area contributed by atoms with Gasteiger partial charge >= 0.3 is 0 Å². The van der Waals surface area contributed by atoms with Gasteiger partial charge < -0.3 is 13.6 Å². The van der Waals surface area contributed by atoms with Crippen molar-refractivity contribution in [2.24, 2.45) is 0 Å². The largest absolute Gasteiger partial charge is 0.455 e. The molecule has 0 N–H and O–H groups in total. The van der Waals surface area contributed by atoms with E-state index in [0.29, 0.717) is 17.5 Å². The van der Waals surface area contributed by atoms with Crippen LogP contribution >= 0.6 is 0 Å². The van der Waals surface area contributed by atoms with Crippen molar-refractivity contribution >= 4 is 65.6 Å². The number of hydrogen-bond donors (Lipinski definition) is 0. The van der Waals surface area contributed by atoms with E-state index in [4.69, 9.17) is 19.4 Å². The van der Waals surface area contributed by atoms with E-state index in [0.717, 1.165) is 61.0 Å². The number of fused-ring (bicyclic) bond motifs is 9. The SMILES string of the molecule is c1ccc(-c2nc(-c3ccc(-n4c5ccccc5c5cc(-n6c7ccccc7c7ccccc76)ccc54)cc3)nc(-c3cccc4c3oc3ccccc34)n2)cc1. The Labute approximate surface area is 326 Å². The number of nitrogens with zero attached hydrogens (tertiary/aromatic N) is 5. The minimum absolute atomic E-state index is 0.564. The molecule has 0 fully saturated rings. The molecule has 6 nitrogen and oxygen atoms in total. The lowest BCUT2D eigenvalue weighted by molar-refractivity contribution is 0.669. The first-order valence-corrected chi connectivity index (χ1v) is 19.1. The van der Waals surface area contributed by atoms with Crippen LogP contribution in [0.3, 0.4) is 0 Å². The summed E-state index contributed by atoms with van der Waals surface area (Å²) in [5.74, 6) is 1.76. The maximum absolute atomic E-state index is 6.42. The minimum Gasteiger partial charge on any atom is -0.455 e. The fourth-order valence-electron chi connectivity index (χ4n) is 8.60. The molecule has 0 saturated heterocycles. The average molecular weight is 730 g/mol. The predicted octanol–water partition coefficient (Wildman–Crippen LogP) is 13.0. The second-order valence-corrected chi connectivity index (χ2v) is 14.4. The monoisotopic (exact) mass is 729 g/mol. The number of rotatable bonds is 5. The topological polar surface area (TPSA) is 61.7 Å². The van der Waals surface area contributed by atoms with Crippen molar-refractivity contribution in [3.8, 4) is 45.5 Å². The van der Waals surface area contributed by atoms with Gasteiger partial charge in [-0.15, -0.1) is 0 Å². The summed E-state index contributed by atoms with van der Waals surface area (Å²) in [5.41, 5.74) is 11.1. The van der Waals surface area contributed by atoms with Crippen molar-refractivity contribution < 1.29 is 4.42 Å². The summed E-state index contributed by atoms with van der Waals surface area (Å²) in [4.78, 5) is 15.1. The third-order valence-corrected chi connectivity index (χ3v) is 11.2. The third kappa shape index (κ3) is 4.87. The molecular formula is C51H31N5O. The molecule has 0 aliphatic heterocycles. The smallest absolute Gasteiger partial charge is 0.167 e. The van der Waals surface area contributed by atoms with Crippen LogP contribution in [-0.4, -0.2) is 24.1 Å². The van der Waals surface area contributed by atoms with Gasteiger partial charge in [-0.05, 0) is 72.8 Å². The van der Waals surface area contributed by atoms with E-state index >= 15 is 0 Å². The first-order chi connectivity index (χ1) is 28.3. The first-order valence-electron chi connectivity index (χ1n) is 19.1. The molecule has 57 heavy (non-hydrogen) atoms. The van der Waals surface area contributed by atoms with Crippen LogP contribution in [0.1, 0.15) is 0 Å². The van der Waals surface area contributed by atoms with Gasteiger partial charge in [-0.25, -0.2) is 15.0 Å². The minimum atomic E-state index is 0.564. The Bertz CT molecular complexity index is 3470. The number of hydrogen-bond acceptors (Lipinski definition) is 4. The molecule has 6 heteroatoms. The first kappa shape index (κ1) is 31.5. The molecule has 0 atom stereocenters. The molecule has 0 unspecified atom stereocenters. The van der Waals surface area contributed by atoms with Gasteiger partial charge in [-0.2, -0.15) is 0 Å². The standard InChI is InChI=1S/C51H31N5O/c1-2-13-32(14-3-1)49-52-50(54-51(53-49)41-20-12-19-40-39-18-7-11-24-47(39)57-48(40)41)33-25-27-34(28-26-33)55-45-23-10-6-17-38(45)42-31-35(29-30-46(42)55)56-43-21-8-4-15-36(43)37-16-5-9-22-44(37)56/h1-31H. The number of aromatic nitrogens is 5. The molecule has 0 aliphatic rings. The molecule has 8 aromatic carbocycles. The molecule has 0 radical (unpaired) electrons. The maximum Gasteiger partial charge on any atom is 0.167 e. The van der Waals surface area contributed by atoms with E-state index in [1.165, 1.54) is 32.6 Å². The van der Waals surface area contributed by atoms with Crippen LogP contribution in [0.25, 0.3) is 111 Å². The predicted molar refractivity (Wildman–Crippen MR) is 232 cm³/mol. The Hall–Kier alpha value is -7.83. The second kappa shape index (κ2) is 12.3. The molecule has 0 spiro atoms. The second-order valence-electron chi connectivity index (χ2n) is 14.4. The quantitative estimate of drug-likeness (QED) is 0.177. The third-order valence-electron chi connectivity index (χ3n) is 11.2. The van der Waals surface area contributed by atoms with Crippen LogP contribution < -0.4 is 0 Å². The Kier molecular flexibility index (Phi) is 6.83. The summed E-state index contributed by atoms with van der Waals surface area (Å²) in [6.07, 6.45) is 0. The number of para-hydroxylation sites is 5. The fourth-order valence-corrected chi connectivity index (χ4v) is 8.60. The molecule has 0 amide bonds. The van der Waals surface area contributed by atoms with E-state index in [2.05, 4.69) is 137 Å². The number of benzene rings is 8. The zero-order valence-electron chi connectivity index (χ0n) is 30.5. The van der Waals surface area contributed by atoms with Crippen LogP contribution in [0.4, 0.5) is 0 Å². The van der Waals surface area contributed by atoms with E-state index in [-0.39, 0.29) is 0 Å². The van der Waals surface area contributed by atoms with E-state index in [1.54, 1.807) is 0 Å². The van der Waals surface area contributed by atoms with Gasteiger partial charge in [0.1, 0.15) is 11.2 Å². The van der Waals surface area contributed by atoms with Crippen LogP contribution in [0.15, 0.2) is 192 Å². The molecule has 266 valence electrons. The zero-order chi connectivity index (χ0) is 37.5. The van der Waals surface area contributed by atoms with Gasteiger partial charge in [0, 0.05) is 54.8 Å². The summed E-state index contributed by atoms with van der Waals surface area (Å²) in [6, 6.07) is 65.7. The average Bonchev–Trinajstić information content (AvgIpc) is 3.94. The van der Waals surface area contributed by atoms with Gasteiger partial charge in [0.25, 0.3) is 0 Å². The van der Waals surface area contributed by atoms with Gasteiger partial charge in [-0.1, -0.05) is 115 Å². The Morgan fingerprint density at radius 1 is 0.333 bits per heavy atom. The van der Waals surface area contributed by atoms with Crippen molar-refractivity contribution in [3.05, 3.63) is 188 Å². The summed E-state index contributed by atoms with van der Waals surface area (Å²) in [6.45, 7) is 0. The van der Waals surface area contributed by atoms with Gasteiger partial charge in [0.15, 0.2) is 17.5 Å². The van der Waals surface area contributed by atoms with Gasteiger partial charge in [0.05, 0.1) is 27.6 Å². The van der Waals surface area contributed by atoms with E-state index < -0.39 is 0 Å². The zero-order valence-corrected chi connectivity index (χ0v) is 30.5. The molecule has 12 aromatic rings.